The molecule has 1 unspecified atom stereocenters. The summed E-state index contributed by atoms with van der Waals surface area (Å²) in [6.07, 6.45) is 0. The number of aryl methyl sites for hydroxylation is 3. The van der Waals surface area contributed by atoms with E-state index in [-0.39, 0.29) is 5.91 Å². The van der Waals surface area contributed by atoms with Gasteiger partial charge in [0.1, 0.15) is 6.04 Å². The van der Waals surface area contributed by atoms with E-state index < -0.39 is 16.1 Å². The van der Waals surface area contributed by atoms with Gasteiger partial charge in [0.05, 0.1) is 10.8 Å². The number of nitrogens with zero attached hydrogens (tertiary/aromatic N) is 1. The van der Waals surface area contributed by atoms with Gasteiger partial charge in [-0.2, -0.15) is 4.31 Å². The molecule has 2 rings (SSSR count). The van der Waals surface area contributed by atoms with Crippen molar-refractivity contribution in [2.24, 2.45) is 5.92 Å². The zero-order chi connectivity index (χ0) is 18.1. The molecule has 0 spiro atoms. The fraction of sp³-hybridized carbons (Fsp3) is 0.588. The third-order valence-corrected chi connectivity index (χ3v) is 7.34. The number of carbonyl (C=O) groups excluding carboxylic acids is 1. The van der Waals surface area contributed by atoms with Crippen LogP contribution in [0.3, 0.4) is 0 Å². The fourth-order valence-corrected chi connectivity index (χ4v) is 6.55. The molecule has 1 aromatic rings. The first-order valence-corrected chi connectivity index (χ1v) is 10.7. The summed E-state index contributed by atoms with van der Waals surface area (Å²) in [6, 6.07) is 3.10. The minimum Gasteiger partial charge on any atom is -0.354 e. The van der Waals surface area contributed by atoms with Gasteiger partial charge in [0, 0.05) is 12.3 Å². The second-order valence-electron chi connectivity index (χ2n) is 6.77. The first-order chi connectivity index (χ1) is 11.1. The van der Waals surface area contributed by atoms with E-state index >= 15 is 0 Å². The van der Waals surface area contributed by atoms with Crippen LogP contribution in [0.1, 0.15) is 30.5 Å². The van der Waals surface area contributed by atoms with Crippen LogP contribution in [0.5, 0.6) is 0 Å². The summed E-state index contributed by atoms with van der Waals surface area (Å²) in [7, 11) is -3.70. The van der Waals surface area contributed by atoms with E-state index in [1.54, 1.807) is 0 Å². The first-order valence-electron chi connectivity index (χ1n) is 8.09. The van der Waals surface area contributed by atoms with E-state index in [0.717, 1.165) is 16.7 Å². The highest BCUT2D eigenvalue weighted by Crippen LogP contribution is 2.32. The lowest BCUT2D eigenvalue weighted by molar-refractivity contribution is -0.123. The predicted molar refractivity (Wildman–Crippen MR) is 98.6 cm³/mol. The van der Waals surface area contributed by atoms with Gasteiger partial charge in [-0.3, -0.25) is 4.79 Å². The number of benzene rings is 1. The van der Waals surface area contributed by atoms with Gasteiger partial charge >= 0.3 is 0 Å². The molecule has 0 saturated carbocycles. The van der Waals surface area contributed by atoms with Crippen LogP contribution >= 0.6 is 11.8 Å². The van der Waals surface area contributed by atoms with Gasteiger partial charge in [0.25, 0.3) is 0 Å². The summed E-state index contributed by atoms with van der Waals surface area (Å²) in [6.45, 7) is 10.1. The number of nitrogens with one attached hydrogen (secondary N) is 1. The zero-order valence-corrected chi connectivity index (χ0v) is 16.6. The molecule has 0 bridgehead atoms. The number of hydrogen-bond donors (Lipinski definition) is 1. The van der Waals surface area contributed by atoms with Crippen molar-refractivity contribution in [1.29, 1.82) is 0 Å². The Kier molecular flexibility index (Phi) is 5.99. The van der Waals surface area contributed by atoms with Crippen molar-refractivity contribution in [3.05, 3.63) is 28.8 Å². The zero-order valence-electron chi connectivity index (χ0n) is 14.9. The second kappa shape index (κ2) is 7.45. The topological polar surface area (TPSA) is 66.5 Å². The highest BCUT2D eigenvalue weighted by molar-refractivity contribution is 8.00. The van der Waals surface area contributed by atoms with Gasteiger partial charge in [0.2, 0.25) is 15.9 Å². The molecule has 5 nitrogen and oxygen atoms in total. The molecule has 1 N–H and O–H groups in total. The summed E-state index contributed by atoms with van der Waals surface area (Å²) in [5, 5.41) is 2.86. The van der Waals surface area contributed by atoms with Crippen molar-refractivity contribution in [2.45, 2.75) is 45.6 Å². The third-order valence-electron chi connectivity index (χ3n) is 4.00. The van der Waals surface area contributed by atoms with Crippen LogP contribution in [0.4, 0.5) is 0 Å². The molecule has 1 aliphatic heterocycles. The largest absolute Gasteiger partial charge is 0.354 e. The van der Waals surface area contributed by atoms with E-state index in [4.69, 9.17) is 0 Å². The maximum absolute atomic E-state index is 13.2. The van der Waals surface area contributed by atoms with Crippen LogP contribution in [0.15, 0.2) is 17.0 Å². The van der Waals surface area contributed by atoms with E-state index in [1.165, 1.54) is 16.1 Å². The number of sulfonamides is 1. The molecule has 1 aromatic carbocycles. The lowest BCUT2D eigenvalue weighted by Gasteiger charge is -2.25. The molecule has 24 heavy (non-hydrogen) atoms. The molecule has 1 fully saturated rings. The minimum atomic E-state index is -3.70. The van der Waals surface area contributed by atoms with E-state index in [9.17, 15) is 13.2 Å². The van der Waals surface area contributed by atoms with Gasteiger partial charge in [0.15, 0.2) is 0 Å². The number of thioether (sulfide) groups is 1. The van der Waals surface area contributed by atoms with Gasteiger partial charge in [-0.25, -0.2) is 8.42 Å². The van der Waals surface area contributed by atoms with Crippen molar-refractivity contribution in [1.82, 2.24) is 9.62 Å². The van der Waals surface area contributed by atoms with E-state index in [1.807, 2.05) is 46.8 Å². The Morgan fingerprint density at radius 2 is 1.88 bits per heavy atom. The molecule has 1 saturated heterocycles. The van der Waals surface area contributed by atoms with Gasteiger partial charge in [-0.15, -0.1) is 11.8 Å². The molecule has 1 atom stereocenters. The van der Waals surface area contributed by atoms with Crippen LogP contribution in [0.2, 0.25) is 0 Å². The highest BCUT2D eigenvalue weighted by atomic mass is 32.2. The van der Waals surface area contributed by atoms with Crippen LogP contribution in [0.25, 0.3) is 0 Å². The Bertz CT molecular complexity index is 706. The predicted octanol–water partition coefficient (Wildman–Crippen LogP) is 2.45. The molecule has 1 heterocycles. The Labute approximate surface area is 149 Å². The Morgan fingerprint density at radius 3 is 2.42 bits per heavy atom. The van der Waals surface area contributed by atoms with Crippen LogP contribution in [-0.2, 0) is 14.8 Å². The SMILES string of the molecule is Cc1cc(C)c(S(=O)(=O)N2CSCC2C(=O)NCC(C)C)c(C)c1. The van der Waals surface area contributed by atoms with Crippen LogP contribution in [-0.4, -0.2) is 42.8 Å². The number of hydrogen-bond acceptors (Lipinski definition) is 4. The van der Waals surface area contributed by atoms with Gasteiger partial charge < -0.3 is 5.32 Å². The number of amides is 1. The Hall–Kier alpha value is -1.05. The summed E-state index contributed by atoms with van der Waals surface area (Å²) < 4.78 is 27.7. The average molecular weight is 371 g/mol. The summed E-state index contributed by atoms with van der Waals surface area (Å²) in [5.74, 6) is 0.927. The smallest absolute Gasteiger partial charge is 0.245 e. The van der Waals surface area contributed by atoms with Gasteiger partial charge in [-0.05, 0) is 37.8 Å². The fourth-order valence-electron chi connectivity index (χ4n) is 2.98. The summed E-state index contributed by atoms with van der Waals surface area (Å²) >= 11 is 1.48. The van der Waals surface area contributed by atoms with Gasteiger partial charge in [-0.1, -0.05) is 31.5 Å². The van der Waals surface area contributed by atoms with Crippen molar-refractivity contribution in [2.75, 3.05) is 18.2 Å². The summed E-state index contributed by atoms with van der Waals surface area (Å²) in [4.78, 5) is 12.8. The first kappa shape index (κ1) is 19.3. The normalized spacial score (nSPS) is 19.0. The lowest BCUT2D eigenvalue weighted by Crippen LogP contribution is -2.48. The maximum atomic E-state index is 13.2. The van der Waals surface area contributed by atoms with Crippen molar-refractivity contribution < 1.29 is 13.2 Å². The average Bonchev–Trinajstić information content (AvgIpc) is 2.93. The van der Waals surface area contributed by atoms with Crippen LogP contribution in [0, 0.1) is 26.7 Å². The standard InChI is InChI=1S/C17H26N2O3S2/c1-11(2)8-18-17(20)15-9-23-10-19(15)24(21,22)16-13(4)6-12(3)7-14(16)5/h6-7,11,15H,8-10H2,1-5H3,(H,18,20). The Morgan fingerprint density at radius 1 is 1.29 bits per heavy atom. The van der Waals surface area contributed by atoms with Crippen molar-refractivity contribution in [3.8, 4) is 0 Å². The second-order valence-corrected chi connectivity index (χ2v) is 9.60. The van der Waals surface area contributed by atoms with E-state index in [2.05, 4.69) is 5.32 Å². The third kappa shape index (κ3) is 3.95. The molecule has 0 radical (unpaired) electrons. The Balaban J connectivity index is 2.33. The van der Waals surface area contributed by atoms with Crippen molar-refractivity contribution in [3.63, 3.8) is 0 Å². The lowest BCUT2D eigenvalue weighted by atomic mass is 10.1. The molecule has 0 aliphatic carbocycles. The molecule has 134 valence electrons. The molecule has 0 aromatic heterocycles. The van der Waals surface area contributed by atoms with E-state index in [0.29, 0.717) is 29.0 Å². The number of rotatable bonds is 5. The molecular weight excluding hydrogens is 344 g/mol. The highest BCUT2D eigenvalue weighted by Gasteiger charge is 2.41. The monoisotopic (exact) mass is 370 g/mol. The summed E-state index contributed by atoms with van der Waals surface area (Å²) in [5.41, 5.74) is 2.49. The maximum Gasteiger partial charge on any atom is 0.245 e. The number of carbonyl (C=O) groups is 1. The van der Waals surface area contributed by atoms with Crippen molar-refractivity contribution >= 4 is 27.7 Å². The molecular formula is C17H26N2O3S2. The van der Waals surface area contributed by atoms with Crippen LogP contribution < -0.4 is 5.32 Å². The quantitative estimate of drug-likeness (QED) is 0.865. The molecule has 1 amide bonds. The molecule has 7 heteroatoms. The molecule has 1 aliphatic rings. The minimum absolute atomic E-state index is 0.209.